The SMILES string of the molecule is CC(C)[Si](C)(C)OC1C#CC(OC2CCCCO2)C(C)(C)CCOCCOCCC1(C)C. The third kappa shape index (κ3) is 8.74. The van der Waals surface area contributed by atoms with Crippen LogP contribution in [0.15, 0.2) is 0 Å². The van der Waals surface area contributed by atoms with Crippen LogP contribution in [0.2, 0.25) is 18.6 Å². The topological polar surface area (TPSA) is 46.2 Å². The van der Waals surface area contributed by atoms with Crippen molar-refractivity contribution in [1.29, 1.82) is 0 Å². The summed E-state index contributed by atoms with van der Waals surface area (Å²) >= 11 is 0. The maximum Gasteiger partial charge on any atom is 0.191 e. The van der Waals surface area contributed by atoms with Gasteiger partial charge in [0.05, 0.1) is 13.2 Å². The molecule has 0 aromatic rings. The summed E-state index contributed by atoms with van der Waals surface area (Å²) < 4.78 is 30.9. The average molecular weight is 469 g/mol. The first kappa shape index (κ1) is 27.8. The lowest BCUT2D eigenvalue weighted by molar-refractivity contribution is -0.196. The van der Waals surface area contributed by atoms with Crippen molar-refractivity contribution in [3.8, 4) is 11.8 Å². The Balaban J connectivity index is 2.35. The maximum atomic E-state index is 6.82. The molecule has 6 heteroatoms. The van der Waals surface area contributed by atoms with Crippen molar-refractivity contribution in [3.05, 3.63) is 0 Å². The predicted octanol–water partition coefficient (Wildman–Crippen LogP) is 5.78. The summed E-state index contributed by atoms with van der Waals surface area (Å²) in [5, 5.41) is 0. The summed E-state index contributed by atoms with van der Waals surface area (Å²) in [6.45, 7) is 21.4. The summed E-state index contributed by atoms with van der Waals surface area (Å²) in [5.74, 6) is 7.08. The molecule has 0 aliphatic carbocycles. The lowest BCUT2D eigenvalue weighted by Gasteiger charge is -2.39. The van der Waals surface area contributed by atoms with Crippen molar-refractivity contribution in [1.82, 2.24) is 0 Å². The Labute approximate surface area is 198 Å². The molecule has 0 amide bonds. The van der Waals surface area contributed by atoms with Crippen LogP contribution in [0.1, 0.15) is 73.6 Å². The monoisotopic (exact) mass is 468 g/mol. The highest BCUT2D eigenvalue weighted by Crippen LogP contribution is 2.34. The number of ether oxygens (including phenoxy) is 4. The quantitative estimate of drug-likeness (QED) is 0.378. The molecule has 2 rings (SSSR count). The van der Waals surface area contributed by atoms with Crippen LogP contribution in [0, 0.1) is 22.7 Å². The maximum absolute atomic E-state index is 6.82. The van der Waals surface area contributed by atoms with E-state index in [0.29, 0.717) is 32.0 Å². The molecular weight excluding hydrogens is 420 g/mol. The molecule has 0 spiro atoms. The van der Waals surface area contributed by atoms with Crippen LogP contribution in [0.5, 0.6) is 0 Å². The molecule has 186 valence electrons. The van der Waals surface area contributed by atoms with Crippen molar-refractivity contribution >= 4 is 8.32 Å². The van der Waals surface area contributed by atoms with Gasteiger partial charge in [0.2, 0.25) is 0 Å². The van der Waals surface area contributed by atoms with Crippen LogP contribution >= 0.6 is 0 Å². The minimum Gasteiger partial charge on any atom is -0.403 e. The van der Waals surface area contributed by atoms with E-state index in [2.05, 4.69) is 66.5 Å². The van der Waals surface area contributed by atoms with Crippen LogP contribution in [-0.2, 0) is 23.4 Å². The summed E-state index contributed by atoms with van der Waals surface area (Å²) in [6, 6.07) is 0. The fraction of sp³-hybridized carbons (Fsp3) is 0.923. The van der Waals surface area contributed by atoms with Gasteiger partial charge in [0.15, 0.2) is 14.6 Å². The molecule has 0 saturated carbocycles. The molecule has 2 heterocycles. The predicted molar refractivity (Wildman–Crippen MR) is 132 cm³/mol. The van der Waals surface area contributed by atoms with Gasteiger partial charge in [-0.1, -0.05) is 53.4 Å². The smallest absolute Gasteiger partial charge is 0.191 e. The third-order valence-corrected chi connectivity index (χ3v) is 10.8. The molecule has 0 N–H and O–H groups in total. The molecule has 1 fully saturated rings. The summed E-state index contributed by atoms with van der Waals surface area (Å²) in [6.07, 6.45) is 4.35. The second-order valence-corrected chi connectivity index (χ2v) is 16.2. The van der Waals surface area contributed by atoms with Crippen molar-refractivity contribution in [3.63, 3.8) is 0 Å². The first-order valence-corrected chi connectivity index (χ1v) is 15.5. The zero-order valence-electron chi connectivity index (χ0n) is 21.9. The second-order valence-electron chi connectivity index (χ2n) is 11.6. The van der Waals surface area contributed by atoms with Crippen LogP contribution in [0.25, 0.3) is 0 Å². The molecule has 3 unspecified atom stereocenters. The Morgan fingerprint density at radius 2 is 1.38 bits per heavy atom. The van der Waals surface area contributed by atoms with Crippen LogP contribution < -0.4 is 0 Å². The average Bonchev–Trinajstić information content (AvgIpc) is 2.71. The normalized spacial score (nSPS) is 30.2. The lowest BCUT2D eigenvalue weighted by atomic mass is 9.81. The molecule has 2 aliphatic rings. The zero-order chi connectivity index (χ0) is 23.8. The summed E-state index contributed by atoms with van der Waals surface area (Å²) in [7, 11) is -1.89. The van der Waals surface area contributed by atoms with Gasteiger partial charge in [-0.25, -0.2) is 0 Å². The number of rotatable bonds is 5. The Bertz CT molecular complexity index is 613. The van der Waals surface area contributed by atoms with Crippen LogP contribution in [-0.4, -0.2) is 59.8 Å². The fourth-order valence-corrected chi connectivity index (χ4v) is 4.87. The first-order chi connectivity index (χ1) is 14.9. The second kappa shape index (κ2) is 12.3. The Kier molecular flexibility index (Phi) is 10.7. The molecule has 2 aliphatic heterocycles. The van der Waals surface area contributed by atoms with Crippen molar-refractivity contribution < 1.29 is 23.4 Å². The van der Waals surface area contributed by atoms with Gasteiger partial charge in [-0.2, -0.15) is 0 Å². The lowest BCUT2D eigenvalue weighted by Crippen LogP contribution is -2.44. The molecule has 32 heavy (non-hydrogen) atoms. The first-order valence-electron chi connectivity index (χ1n) is 12.6. The van der Waals surface area contributed by atoms with E-state index in [0.717, 1.165) is 38.7 Å². The minimum absolute atomic E-state index is 0.132. The zero-order valence-corrected chi connectivity index (χ0v) is 22.9. The molecule has 1 saturated heterocycles. The Morgan fingerprint density at radius 1 is 0.812 bits per heavy atom. The van der Waals surface area contributed by atoms with Gasteiger partial charge in [0, 0.05) is 30.7 Å². The molecule has 3 atom stereocenters. The molecule has 0 aromatic heterocycles. The van der Waals surface area contributed by atoms with Crippen molar-refractivity contribution in [2.24, 2.45) is 10.8 Å². The highest BCUT2D eigenvalue weighted by molar-refractivity contribution is 6.72. The van der Waals surface area contributed by atoms with E-state index in [1.807, 2.05) is 0 Å². The molecule has 5 nitrogen and oxygen atoms in total. The number of hydrogen-bond donors (Lipinski definition) is 0. The highest BCUT2D eigenvalue weighted by Gasteiger charge is 2.38. The van der Waals surface area contributed by atoms with E-state index in [-0.39, 0.29) is 29.3 Å². The van der Waals surface area contributed by atoms with Gasteiger partial charge in [-0.15, -0.1) is 0 Å². The van der Waals surface area contributed by atoms with Crippen molar-refractivity contribution in [2.45, 2.75) is 111 Å². The minimum atomic E-state index is -1.89. The van der Waals surface area contributed by atoms with E-state index in [1.54, 1.807) is 0 Å². The van der Waals surface area contributed by atoms with E-state index >= 15 is 0 Å². The summed E-state index contributed by atoms with van der Waals surface area (Å²) in [5.41, 5.74) is 0.215. The molecule has 0 radical (unpaired) electrons. The van der Waals surface area contributed by atoms with Gasteiger partial charge >= 0.3 is 0 Å². The highest BCUT2D eigenvalue weighted by atomic mass is 28.4. The Morgan fingerprint density at radius 3 is 1.91 bits per heavy atom. The van der Waals surface area contributed by atoms with Crippen LogP contribution in [0.3, 0.4) is 0 Å². The summed E-state index contributed by atoms with van der Waals surface area (Å²) in [4.78, 5) is 0. The Hall–Kier alpha value is -0.423. The van der Waals surface area contributed by atoms with Gasteiger partial charge in [0.1, 0.15) is 12.2 Å². The number of hydrogen-bond acceptors (Lipinski definition) is 5. The van der Waals surface area contributed by atoms with Gasteiger partial charge < -0.3 is 23.4 Å². The van der Waals surface area contributed by atoms with Gasteiger partial charge in [-0.3, -0.25) is 0 Å². The van der Waals surface area contributed by atoms with Crippen molar-refractivity contribution in [2.75, 3.05) is 33.0 Å². The molecule has 0 aromatic carbocycles. The van der Waals surface area contributed by atoms with E-state index in [1.165, 1.54) is 0 Å². The van der Waals surface area contributed by atoms with E-state index in [4.69, 9.17) is 23.4 Å². The van der Waals surface area contributed by atoms with Crippen LogP contribution in [0.4, 0.5) is 0 Å². The third-order valence-electron chi connectivity index (χ3n) is 7.16. The van der Waals surface area contributed by atoms with E-state index < -0.39 is 8.32 Å². The van der Waals surface area contributed by atoms with Gasteiger partial charge in [0.25, 0.3) is 0 Å². The van der Waals surface area contributed by atoms with Gasteiger partial charge in [-0.05, 0) is 50.7 Å². The van der Waals surface area contributed by atoms with E-state index in [9.17, 15) is 0 Å². The standard InChI is InChI=1S/C26H48O5Si/c1-21(2)32(7,8)31-23-13-12-22(30-24-11-9-10-16-29-24)25(3,4)14-17-27-19-20-28-18-15-26(23,5)6/h21-24H,9-11,14-20H2,1-8H3. The fourth-order valence-electron chi connectivity index (χ4n) is 3.61. The largest absolute Gasteiger partial charge is 0.403 e. The molecular formula is C26H48O5Si. The molecule has 0 bridgehead atoms.